The Kier molecular flexibility index (Phi) is 4.93. The third-order valence-corrected chi connectivity index (χ3v) is 4.63. The highest BCUT2D eigenvalue weighted by Gasteiger charge is 2.34. The molecule has 0 spiro atoms. The number of hydrogen-bond donors (Lipinski definition) is 1. The van der Waals surface area contributed by atoms with Crippen LogP contribution in [0.5, 0.6) is 0 Å². The lowest BCUT2D eigenvalue weighted by Gasteiger charge is -2.12. The van der Waals surface area contributed by atoms with E-state index in [1.165, 1.54) is 6.07 Å². The van der Waals surface area contributed by atoms with Gasteiger partial charge in [0.25, 0.3) is 0 Å². The summed E-state index contributed by atoms with van der Waals surface area (Å²) in [4.78, 5) is 0. The average Bonchev–Trinajstić information content (AvgIpc) is 2.40. The third-order valence-electron chi connectivity index (χ3n) is 2.75. The van der Waals surface area contributed by atoms with Crippen LogP contribution in [0.3, 0.4) is 0 Å². The predicted molar refractivity (Wildman–Crippen MR) is 80.6 cm³/mol. The fourth-order valence-electron chi connectivity index (χ4n) is 1.71. The minimum Gasteiger partial charge on any atom is -0.381 e. The van der Waals surface area contributed by atoms with Crippen LogP contribution in [0.1, 0.15) is 11.1 Å². The van der Waals surface area contributed by atoms with Crippen LogP contribution in [0.4, 0.5) is 23.2 Å². The Morgan fingerprint density at radius 1 is 0.952 bits per heavy atom. The number of nitrogens with one attached hydrogen (secondary N) is 1. The van der Waals surface area contributed by atoms with Crippen molar-refractivity contribution in [2.75, 3.05) is 5.32 Å². The van der Waals surface area contributed by atoms with Crippen LogP contribution in [0, 0.1) is 5.82 Å². The molecule has 0 heterocycles. The molecule has 0 radical (unpaired) electrons. The quantitative estimate of drug-likeness (QED) is 0.595. The van der Waals surface area contributed by atoms with E-state index >= 15 is 0 Å². The van der Waals surface area contributed by atoms with Gasteiger partial charge in [0, 0.05) is 21.2 Å². The van der Waals surface area contributed by atoms with Crippen molar-refractivity contribution in [2.45, 2.75) is 12.7 Å². The van der Waals surface area contributed by atoms with Gasteiger partial charge in [0.05, 0.1) is 5.56 Å². The maximum Gasteiger partial charge on any atom is 0.419 e. The van der Waals surface area contributed by atoms with Crippen molar-refractivity contribution < 1.29 is 17.6 Å². The molecule has 0 atom stereocenters. The van der Waals surface area contributed by atoms with Crippen LogP contribution < -0.4 is 5.32 Å². The second kappa shape index (κ2) is 6.36. The molecular weight excluding hydrogens is 418 g/mol. The van der Waals surface area contributed by atoms with Gasteiger partial charge in [-0.05, 0) is 67.8 Å². The zero-order valence-corrected chi connectivity index (χ0v) is 13.6. The monoisotopic (exact) mass is 425 g/mol. The summed E-state index contributed by atoms with van der Waals surface area (Å²) in [6.45, 7) is 0.328. The molecule has 0 bridgehead atoms. The third kappa shape index (κ3) is 4.20. The van der Waals surface area contributed by atoms with Gasteiger partial charge in [-0.2, -0.15) is 13.2 Å². The van der Waals surface area contributed by atoms with E-state index in [1.54, 1.807) is 0 Å². The lowest BCUT2D eigenvalue weighted by molar-refractivity contribution is -0.139. The van der Waals surface area contributed by atoms with Gasteiger partial charge >= 0.3 is 6.18 Å². The van der Waals surface area contributed by atoms with Gasteiger partial charge in [0.15, 0.2) is 0 Å². The highest BCUT2D eigenvalue weighted by Crippen LogP contribution is 2.33. The molecule has 1 nitrogen and oxygen atoms in total. The molecule has 0 amide bonds. The van der Waals surface area contributed by atoms with E-state index in [0.717, 1.165) is 26.6 Å². The Hall–Kier alpha value is -1.08. The summed E-state index contributed by atoms with van der Waals surface area (Å²) in [5, 5.41) is 2.84. The minimum atomic E-state index is -4.71. The predicted octanol–water partition coefficient (Wildman–Crippen LogP) is 5.98. The van der Waals surface area contributed by atoms with E-state index in [2.05, 4.69) is 37.2 Å². The molecule has 2 aromatic carbocycles. The summed E-state index contributed by atoms with van der Waals surface area (Å²) in [7, 11) is 0. The molecule has 112 valence electrons. The number of hydrogen-bond acceptors (Lipinski definition) is 1. The summed E-state index contributed by atoms with van der Waals surface area (Å²) >= 11 is 6.68. The van der Waals surface area contributed by atoms with E-state index in [1.807, 2.05) is 18.2 Å². The van der Waals surface area contributed by atoms with Gasteiger partial charge in [-0.15, -0.1) is 0 Å². The van der Waals surface area contributed by atoms with Crippen LogP contribution in [0.25, 0.3) is 0 Å². The van der Waals surface area contributed by atoms with Crippen molar-refractivity contribution in [3.05, 3.63) is 62.3 Å². The van der Waals surface area contributed by atoms with E-state index < -0.39 is 17.6 Å². The Morgan fingerprint density at radius 3 is 2.29 bits per heavy atom. The number of anilines is 1. The molecule has 0 aliphatic carbocycles. The normalized spacial score (nSPS) is 11.5. The molecule has 0 fully saturated rings. The van der Waals surface area contributed by atoms with E-state index in [-0.39, 0.29) is 5.69 Å². The van der Waals surface area contributed by atoms with Gasteiger partial charge in [0.2, 0.25) is 0 Å². The first-order chi connectivity index (χ1) is 9.77. The number of rotatable bonds is 3. The molecule has 0 saturated carbocycles. The van der Waals surface area contributed by atoms with Crippen molar-refractivity contribution in [2.24, 2.45) is 0 Å². The second-order valence-electron chi connectivity index (χ2n) is 4.29. The number of halogens is 6. The lowest BCUT2D eigenvalue weighted by Crippen LogP contribution is -2.09. The summed E-state index contributed by atoms with van der Waals surface area (Å²) in [6, 6.07) is 8.35. The molecule has 0 saturated heterocycles. The van der Waals surface area contributed by atoms with Crippen LogP contribution in [0.15, 0.2) is 45.3 Å². The minimum absolute atomic E-state index is 0.211. The summed E-state index contributed by atoms with van der Waals surface area (Å²) < 4.78 is 52.7. The molecule has 2 aromatic rings. The van der Waals surface area contributed by atoms with Crippen molar-refractivity contribution in [3.8, 4) is 0 Å². The molecule has 0 unspecified atom stereocenters. The van der Waals surface area contributed by atoms with Gasteiger partial charge < -0.3 is 5.32 Å². The lowest BCUT2D eigenvalue weighted by atomic mass is 10.1. The average molecular weight is 427 g/mol. The summed E-state index contributed by atoms with van der Waals surface area (Å²) in [6.07, 6.45) is -4.71. The first-order valence-electron chi connectivity index (χ1n) is 5.82. The Balaban J connectivity index is 2.15. The first-order valence-corrected chi connectivity index (χ1v) is 7.40. The zero-order valence-electron chi connectivity index (χ0n) is 10.4. The molecule has 1 N–H and O–H groups in total. The standard InChI is InChI=1S/C14H9Br2F4N/c15-11-3-1-8(5-12(11)16)7-21-9-2-4-13(17)10(6-9)14(18,19)20/h1-6,21H,7H2. The summed E-state index contributed by atoms with van der Waals surface area (Å²) in [5.74, 6) is -1.28. The number of benzene rings is 2. The zero-order chi connectivity index (χ0) is 15.6. The molecule has 21 heavy (non-hydrogen) atoms. The van der Waals surface area contributed by atoms with Gasteiger partial charge in [-0.1, -0.05) is 6.07 Å². The van der Waals surface area contributed by atoms with Crippen molar-refractivity contribution in [3.63, 3.8) is 0 Å². The molecular formula is C14H9Br2F4N. The van der Waals surface area contributed by atoms with Gasteiger partial charge in [-0.25, -0.2) is 4.39 Å². The maximum absolute atomic E-state index is 13.2. The Morgan fingerprint density at radius 2 is 1.67 bits per heavy atom. The van der Waals surface area contributed by atoms with E-state index in [0.29, 0.717) is 6.54 Å². The first kappa shape index (κ1) is 16.3. The van der Waals surface area contributed by atoms with Crippen LogP contribution in [-0.4, -0.2) is 0 Å². The van der Waals surface area contributed by atoms with Crippen LogP contribution >= 0.6 is 31.9 Å². The van der Waals surface area contributed by atoms with Gasteiger partial charge in [0.1, 0.15) is 5.82 Å². The SMILES string of the molecule is Fc1ccc(NCc2ccc(Br)c(Br)c2)cc1C(F)(F)F. The molecule has 7 heteroatoms. The second-order valence-corrected chi connectivity index (χ2v) is 6.00. The molecule has 0 aromatic heterocycles. The molecule has 2 rings (SSSR count). The van der Waals surface area contributed by atoms with Crippen molar-refractivity contribution in [1.82, 2.24) is 0 Å². The molecule has 0 aliphatic heterocycles. The number of alkyl halides is 3. The Labute approximate surface area is 135 Å². The van der Waals surface area contributed by atoms with Gasteiger partial charge in [-0.3, -0.25) is 0 Å². The Bertz CT molecular complexity index is 656. The van der Waals surface area contributed by atoms with E-state index in [9.17, 15) is 17.6 Å². The summed E-state index contributed by atoms with van der Waals surface area (Å²) in [5.41, 5.74) is -0.185. The molecule has 0 aliphatic rings. The largest absolute Gasteiger partial charge is 0.419 e. The maximum atomic E-state index is 13.2. The smallest absolute Gasteiger partial charge is 0.381 e. The fourth-order valence-corrected chi connectivity index (χ4v) is 2.38. The van der Waals surface area contributed by atoms with Crippen LogP contribution in [0.2, 0.25) is 0 Å². The highest BCUT2D eigenvalue weighted by atomic mass is 79.9. The van der Waals surface area contributed by atoms with Crippen molar-refractivity contribution in [1.29, 1.82) is 0 Å². The van der Waals surface area contributed by atoms with Crippen molar-refractivity contribution >= 4 is 37.5 Å². The van der Waals surface area contributed by atoms with Crippen LogP contribution in [-0.2, 0) is 12.7 Å². The topological polar surface area (TPSA) is 12.0 Å². The van der Waals surface area contributed by atoms with E-state index in [4.69, 9.17) is 0 Å². The highest BCUT2D eigenvalue weighted by molar-refractivity contribution is 9.13. The fraction of sp³-hybridized carbons (Fsp3) is 0.143.